The molecule has 0 aliphatic rings. The van der Waals surface area contributed by atoms with Crippen molar-refractivity contribution in [3.8, 4) is 33.8 Å². The Kier molecular flexibility index (Phi) is 7.56. The molecule has 0 fully saturated rings. The second-order valence-corrected chi connectivity index (χ2v) is 8.04. The summed E-state index contributed by atoms with van der Waals surface area (Å²) in [6.07, 6.45) is 1.49. The largest absolute Gasteiger partial charge is 0.491 e. The third-order valence-corrected chi connectivity index (χ3v) is 5.49. The van der Waals surface area contributed by atoms with Gasteiger partial charge in [-0.15, -0.1) is 0 Å². The Morgan fingerprint density at radius 1 is 0.657 bits per heavy atom. The Labute approximate surface area is 203 Å². The van der Waals surface area contributed by atoms with Gasteiger partial charge in [0, 0.05) is 0 Å². The van der Waals surface area contributed by atoms with Crippen LogP contribution in [0.2, 0.25) is 0 Å². The highest BCUT2D eigenvalue weighted by Crippen LogP contribution is 2.29. The van der Waals surface area contributed by atoms with Crippen molar-refractivity contribution in [1.82, 2.24) is 0 Å². The summed E-state index contributed by atoms with van der Waals surface area (Å²) in [4.78, 5) is 0. The van der Waals surface area contributed by atoms with Gasteiger partial charge in [-0.3, -0.25) is 0 Å². The minimum atomic E-state index is -1.06. The van der Waals surface area contributed by atoms with Crippen LogP contribution in [0.1, 0.15) is 25.0 Å². The Morgan fingerprint density at radius 3 is 1.54 bits per heavy atom. The van der Waals surface area contributed by atoms with Crippen LogP contribution in [-0.2, 0) is 6.61 Å². The Hall–Kier alpha value is -3.99. The molecule has 0 heterocycles. The fourth-order valence-corrected chi connectivity index (χ4v) is 3.70. The molecule has 0 N–H and O–H groups in total. The van der Waals surface area contributed by atoms with E-state index in [2.05, 4.69) is 0 Å². The van der Waals surface area contributed by atoms with Gasteiger partial charge in [0.15, 0.2) is 11.5 Å². The fraction of sp³-hybridized carbons (Fsp3) is 0.133. The molecule has 0 unspecified atom stereocenters. The fourth-order valence-electron chi connectivity index (χ4n) is 3.70. The van der Waals surface area contributed by atoms with E-state index in [9.17, 15) is 13.2 Å². The molecule has 0 radical (unpaired) electrons. The number of benzene rings is 4. The molecule has 0 aromatic heterocycles. The third-order valence-electron chi connectivity index (χ3n) is 5.49. The standard InChI is InChI=1S/C30H25F3O2/c1-3-34-27-16-17-28(30(33)29(27)32)35-19-22-6-10-24(11-7-22)26-14-12-25(13-15-26)23-8-4-21(5-9-23)18-20(2)31/h4-18H,3,19H2,1-2H3. The zero-order valence-corrected chi connectivity index (χ0v) is 19.5. The van der Waals surface area contributed by atoms with Crippen LogP contribution in [-0.4, -0.2) is 6.61 Å². The second kappa shape index (κ2) is 11.0. The SMILES string of the molecule is CCOc1ccc(OCc2ccc(-c3ccc(-c4ccc(C=C(C)F)cc4)cc3)cc2)c(F)c1F. The molecule has 0 spiro atoms. The molecule has 0 amide bonds. The summed E-state index contributed by atoms with van der Waals surface area (Å²) in [5.41, 5.74) is 5.85. The van der Waals surface area contributed by atoms with Crippen LogP contribution in [0.15, 0.2) is 90.8 Å². The smallest absolute Gasteiger partial charge is 0.204 e. The second-order valence-electron chi connectivity index (χ2n) is 8.04. The maximum absolute atomic E-state index is 14.2. The number of allylic oxidation sites excluding steroid dienone is 1. The molecule has 0 saturated heterocycles. The van der Waals surface area contributed by atoms with Crippen LogP contribution in [0, 0.1) is 11.6 Å². The molecule has 0 bridgehead atoms. The molecular formula is C30H25F3O2. The first-order chi connectivity index (χ1) is 16.9. The predicted molar refractivity (Wildman–Crippen MR) is 134 cm³/mol. The quantitative estimate of drug-likeness (QED) is 0.255. The predicted octanol–water partition coefficient (Wildman–Crippen LogP) is 8.61. The van der Waals surface area contributed by atoms with Gasteiger partial charge in [-0.1, -0.05) is 72.8 Å². The Bertz CT molecular complexity index is 1310. The molecule has 4 aromatic rings. The van der Waals surface area contributed by atoms with Crippen molar-refractivity contribution in [2.45, 2.75) is 20.5 Å². The molecule has 0 aliphatic heterocycles. The van der Waals surface area contributed by atoms with E-state index >= 15 is 0 Å². The van der Waals surface area contributed by atoms with Crippen molar-refractivity contribution < 1.29 is 22.6 Å². The lowest BCUT2D eigenvalue weighted by Gasteiger charge is -2.11. The summed E-state index contributed by atoms with van der Waals surface area (Å²) in [5, 5.41) is 0. The molecule has 0 saturated carbocycles. The summed E-state index contributed by atoms with van der Waals surface area (Å²) >= 11 is 0. The highest BCUT2D eigenvalue weighted by atomic mass is 19.2. The van der Waals surface area contributed by atoms with Crippen molar-refractivity contribution >= 4 is 6.08 Å². The van der Waals surface area contributed by atoms with Gasteiger partial charge in [0.05, 0.1) is 12.4 Å². The Morgan fingerprint density at radius 2 is 1.09 bits per heavy atom. The molecule has 0 atom stereocenters. The van der Waals surface area contributed by atoms with E-state index in [4.69, 9.17) is 9.47 Å². The summed E-state index contributed by atoms with van der Waals surface area (Å²) in [6.45, 7) is 3.48. The number of rotatable bonds is 8. The molecule has 35 heavy (non-hydrogen) atoms. The van der Waals surface area contributed by atoms with E-state index in [1.165, 1.54) is 25.1 Å². The zero-order chi connectivity index (χ0) is 24.8. The topological polar surface area (TPSA) is 18.5 Å². The van der Waals surface area contributed by atoms with Gasteiger partial charge >= 0.3 is 0 Å². The monoisotopic (exact) mass is 474 g/mol. The molecular weight excluding hydrogens is 449 g/mol. The van der Waals surface area contributed by atoms with Gasteiger partial charge in [-0.25, -0.2) is 4.39 Å². The van der Waals surface area contributed by atoms with Crippen LogP contribution in [0.3, 0.4) is 0 Å². The number of hydrogen-bond acceptors (Lipinski definition) is 2. The van der Waals surface area contributed by atoms with Crippen LogP contribution < -0.4 is 9.47 Å². The first-order valence-electron chi connectivity index (χ1n) is 11.3. The van der Waals surface area contributed by atoms with Crippen LogP contribution in [0.4, 0.5) is 13.2 Å². The molecule has 5 heteroatoms. The van der Waals surface area contributed by atoms with Gasteiger partial charge in [-0.2, -0.15) is 8.78 Å². The average Bonchev–Trinajstić information content (AvgIpc) is 2.87. The van der Waals surface area contributed by atoms with Crippen LogP contribution >= 0.6 is 0 Å². The van der Waals surface area contributed by atoms with Crippen molar-refractivity contribution in [1.29, 1.82) is 0 Å². The minimum absolute atomic E-state index is 0.108. The zero-order valence-electron chi connectivity index (χ0n) is 19.5. The number of halogens is 3. The third kappa shape index (κ3) is 5.93. The van der Waals surface area contributed by atoms with Crippen molar-refractivity contribution in [3.63, 3.8) is 0 Å². The first kappa shape index (κ1) is 24.1. The summed E-state index contributed by atoms with van der Waals surface area (Å²) < 4.78 is 51.8. The summed E-state index contributed by atoms with van der Waals surface area (Å²) in [5.74, 6) is -2.62. The van der Waals surface area contributed by atoms with Crippen molar-refractivity contribution in [2.75, 3.05) is 6.61 Å². The van der Waals surface area contributed by atoms with E-state index in [1.54, 1.807) is 6.92 Å². The van der Waals surface area contributed by atoms with Crippen LogP contribution in [0.5, 0.6) is 11.5 Å². The van der Waals surface area contributed by atoms with Gasteiger partial charge in [0.1, 0.15) is 6.61 Å². The summed E-state index contributed by atoms with van der Waals surface area (Å²) in [7, 11) is 0. The van der Waals surface area contributed by atoms with E-state index in [1.807, 2.05) is 72.8 Å². The minimum Gasteiger partial charge on any atom is -0.491 e. The Balaban J connectivity index is 1.41. The van der Waals surface area contributed by atoms with Crippen molar-refractivity contribution in [3.05, 3.63) is 114 Å². The van der Waals surface area contributed by atoms with E-state index in [0.717, 1.165) is 33.4 Å². The molecule has 178 valence electrons. The van der Waals surface area contributed by atoms with Gasteiger partial charge < -0.3 is 9.47 Å². The lowest BCUT2D eigenvalue weighted by molar-refractivity contribution is 0.274. The molecule has 2 nitrogen and oxygen atoms in total. The molecule has 0 aliphatic carbocycles. The molecule has 4 rings (SSSR count). The summed E-state index contributed by atoms with van der Waals surface area (Å²) in [6, 6.07) is 26.3. The van der Waals surface area contributed by atoms with E-state index < -0.39 is 11.6 Å². The average molecular weight is 475 g/mol. The van der Waals surface area contributed by atoms with Crippen LogP contribution in [0.25, 0.3) is 28.3 Å². The normalized spacial score (nSPS) is 11.4. The molecule has 4 aromatic carbocycles. The highest BCUT2D eigenvalue weighted by molar-refractivity contribution is 5.71. The van der Waals surface area contributed by atoms with Gasteiger partial charge in [0.2, 0.25) is 11.6 Å². The van der Waals surface area contributed by atoms with E-state index in [-0.39, 0.29) is 30.5 Å². The van der Waals surface area contributed by atoms with Crippen molar-refractivity contribution in [2.24, 2.45) is 0 Å². The lowest BCUT2D eigenvalue weighted by Crippen LogP contribution is -2.02. The maximum Gasteiger partial charge on any atom is 0.204 e. The maximum atomic E-state index is 14.2. The highest BCUT2D eigenvalue weighted by Gasteiger charge is 2.15. The van der Waals surface area contributed by atoms with E-state index in [0.29, 0.717) is 0 Å². The van der Waals surface area contributed by atoms with Gasteiger partial charge in [-0.05, 0) is 65.4 Å². The number of hydrogen-bond donors (Lipinski definition) is 0. The number of ether oxygens (including phenoxy) is 2. The van der Waals surface area contributed by atoms with Gasteiger partial charge in [0.25, 0.3) is 0 Å². The lowest BCUT2D eigenvalue weighted by atomic mass is 9.99. The first-order valence-corrected chi connectivity index (χ1v) is 11.3.